The average molecular weight is 277 g/mol. The zero-order chi connectivity index (χ0) is 14.4. The molecule has 1 aromatic rings. The van der Waals surface area contributed by atoms with E-state index in [-0.39, 0.29) is 5.82 Å². The van der Waals surface area contributed by atoms with Crippen LogP contribution in [0.5, 0.6) is 5.75 Å². The van der Waals surface area contributed by atoms with Crippen LogP contribution in [-0.4, -0.2) is 20.2 Å². The highest BCUT2D eigenvalue weighted by Crippen LogP contribution is 2.23. The number of allylic oxidation sites excluding steroid dienone is 1. The summed E-state index contributed by atoms with van der Waals surface area (Å²) in [7, 11) is 3.47. The van der Waals surface area contributed by atoms with Crippen molar-refractivity contribution in [1.82, 2.24) is 5.32 Å². The minimum Gasteiger partial charge on any atom is -0.494 e. The predicted octanol–water partition coefficient (Wildman–Crippen LogP) is 3.86. The summed E-state index contributed by atoms with van der Waals surface area (Å²) in [6.45, 7) is 0. The Morgan fingerprint density at radius 3 is 2.75 bits per heavy atom. The fourth-order valence-corrected chi connectivity index (χ4v) is 2.80. The number of benzene rings is 1. The molecule has 1 atom stereocenters. The molecule has 110 valence electrons. The lowest BCUT2D eigenvalue weighted by atomic mass is 9.92. The van der Waals surface area contributed by atoms with Crippen molar-refractivity contribution in [2.24, 2.45) is 0 Å². The van der Waals surface area contributed by atoms with Gasteiger partial charge in [0, 0.05) is 6.04 Å². The van der Waals surface area contributed by atoms with Crippen LogP contribution in [0.2, 0.25) is 0 Å². The Morgan fingerprint density at radius 1 is 1.30 bits per heavy atom. The van der Waals surface area contributed by atoms with Crippen molar-refractivity contribution in [2.45, 2.75) is 44.6 Å². The largest absolute Gasteiger partial charge is 0.494 e. The van der Waals surface area contributed by atoms with Crippen LogP contribution in [0, 0.1) is 5.82 Å². The summed E-state index contributed by atoms with van der Waals surface area (Å²) in [5.74, 6) is 0.0291. The van der Waals surface area contributed by atoms with Crippen LogP contribution in [0.1, 0.15) is 37.7 Å². The van der Waals surface area contributed by atoms with Crippen molar-refractivity contribution < 1.29 is 9.13 Å². The summed E-state index contributed by atoms with van der Waals surface area (Å²) in [6, 6.07) is 5.60. The van der Waals surface area contributed by atoms with Gasteiger partial charge in [-0.2, -0.15) is 0 Å². The van der Waals surface area contributed by atoms with Gasteiger partial charge < -0.3 is 10.1 Å². The zero-order valence-corrected chi connectivity index (χ0v) is 12.4. The monoisotopic (exact) mass is 277 g/mol. The Hall–Kier alpha value is -1.35. The molecule has 1 aliphatic rings. The molecule has 3 heteroatoms. The van der Waals surface area contributed by atoms with Gasteiger partial charge in [0.2, 0.25) is 0 Å². The molecule has 0 bridgehead atoms. The van der Waals surface area contributed by atoms with Crippen LogP contribution >= 0.6 is 0 Å². The van der Waals surface area contributed by atoms with E-state index in [2.05, 4.69) is 11.4 Å². The van der Waals surface area contributed by atoms with Gasteiger partial charge in [-0.15, -0.1) is 0 Å². The summed E-state index contributed by atoms with van der Waals surface area (Å²) >= 11 is 0. The topological polar surface area (TPSA) is 21.3 Å². The number of methoxy groups -OCH3 is 1. The standard InChI is InChI=1S/C17H24FNO/c1-19-15(10-13-6-4-3-5-7-13)11-14-8-9-17(20-2)16(18)12-14/h6,8-9,12,15,19H,3-5,7,10-11H2,1-2H3. The minimum absolute atomic E-state index is 0.281. The Labute approximate surface area is 121 Å². The lowest BCUT2D eigenvalue weighted by Gasteiger charge is -2.20. The second-order valence-electron chi connectivity index (χ2n) is 5.47. The maximum absolute atomic E-state index is 13.7. The van der Waals surface area contributed by atoms with Crippen molar-refractivity contribution in [3.63, 3.8) is 0 Å². The van der Waals surface area contributed by atoms with Crippen LogP contribution in [-0.2, 0) is 6.42 Å². The number of rotatable bonds is 6. The number of ether oxygens (including phenoxy) is 1. The van der Waals surface area contributed by atoms with Gasteiger partial charge in [-0.1, -0.05) is 17.7 Å². The highest BCUT2D eigenvalue weighted by molar-refractivity contribution is 5.30. The van der Waals surface area contributed by atoms with Crippen molar-refractivity contribution in [1.29, 1.82) is 0 Å². The molecule has 20 heavy (non-hydrogen) atoms. The van der Waals surface area contributed by atoms with Gasteiger partial charge in [0.25, 0.3) is 0 Å². The SMILES string of the molecule is CNC(CC1=CCCCC1)Cc1ccc(OC)c(F)c1. The molecule has 0 aliphatic heterocycles. The summed E-state index contributed by atoms with van der Waals surface area (Å²) < 4.78 is 18.7. The first-order chi connectivity index (χ1) is 9.72. The minimum atomic E-state index is -0.281. The van der Waals surface area contributed by atoms with Crippen LogP contribution in [0.4, 0.5) is 4.39 Å². The maximum Gasteiger partial charge on any atom is 0.165 e. The Bertz CT molecular complexity index is 470. The van der Waals surface area contributed by atoms with Crippen LogP contribution in [0.15, 0.2) is 29.8 Å². The molecule has 0 fully saturated rings. The van der Waals surface area contributed by atoms with Crippen molar-refractivity contribution >= 4 is 0 Å². The van der Waals surface area contributed by atoms with Crippen LogP contribution in [0.3, 0.4) is 0 Å². The predicted molar refractivity (Wildman–Crippen MR) is 80.7 cm³/mol. The zero-order valence-electron chi connectivity index (χ0n) is 12.4. The molecule has 1 N–H and O–H groups in total. The number of hydrogen-bond acceptors (Lipinski definition) is 2. The number of halogens is 1. The Kier molecular flexibility index (Phi) is 5.60. The molecule has 0 amide bonds. The molecule has 0 saturated heterocycles. The van der Waals surface area contributed by atoms with Gasteiger partial charge in [-0.3, -0.25) is 0 Å². The quantitative estimate of drug-likeness (QED) is 0.797. The first-order valence-electron chi connectivity index (χ1n) is 7.40. The molecule has 2 rings (SSSR count). The molecular formula is C17H24FNO. The molecular weight excluding hydrogens is 253 g/mol. The Balaban J connectivity index is 1.98. The van der Waals surface area contributed by atoms with Gasteiger partial charge in [-0.25, -0.2) is 4.39 Å². The third kappa shape index (κ3) is 4.07. The van der Waals surface area contributed by atoms with Gasteiger partial charge >= 0.3 is 0 Å². The second-order valence-corrected chi connectivity index (χ2v) is 5.47. The first-order valence-corrected chi connectivity index (χ1v) is 7.40. The molecule has 1 aliphatic carbocycles. The lowest BCUT2D eigenvalue weighted by Crippen LogP contribution is -2.28. The molecule has 0 heterocycles. The van der Waals surface area contributed by atoms with Gasteiger partial charge in [0.05, 0.1) is 7.11 Å². The van der Waals surface area contributed by atoms with E-state index in [4.69, 9.17) is 4.74 Å². The fourth-order valence-electron chi connectivity index (χ4n) is 2.80. The van der Waals surface area contributed by atoms with E-state index in [1.54, 1.807) is 17.7 Å². The summed E-state index contributed by atoms with van der Waals surface area (Å²) in [4.78, 5) is 0. The van der Waals surface area contributed by atoms with Crippen LogP contribution in [0.25, 0.3) is 0 Å². The molecule has 0 spiro atoms. The number of nitrogens with one attached hydrogen (secondary N) is 1. The highest BCUT2D eigenvalue weighted by atomic mass is 19.1. The van der Waals surface area contributed by atoms with E-state index in [0.29, 0.717) is 11.8 Å². The molecule has 1 aromatic carbocycles. The van der Waals surface area contributed by atoms with Crippen molar-refractivity contribution in [3.8, 4) is 5.75 Å². The third-order valence-electron chi connectivity index (χ3n) is 4.00. The van der Waals surface area contributed by atoms with E-state index in [1.165, 1.54) is 32.8 Å². The molecule has 0 radical (unpaired) electrons. The van der Waals surface area contributed by atoms with Crippen molar-refractivity contribution in [2.75, 3.05) is 14.2 Å². The number of likely N-dealkylation sites (N-methyl/N-ethyl adjacent to an activating group) is 1. The van der Waals surface area contributed by atoms with E-state index >= 15 is 0 Å². The third-order valence-corrected chi connectivity index (χ3v) is 4.00. The van der Waals surface area contributed by atoms with Crippen molar-refractivity contribution in [3.05, 3.63) is 41.2 Å². The second kappa shape index (κ2) is 7.44. The van der Waals surface area contributed by atoms with E-state index in [9.17, 15) is 4.39 Å². The molecule has 2 nitrogen and oxygen atoms in total. The lowest BCUT2D eigenvalue weighted by molar-refractivity contribution is 0.386. The summed E-state index contributed by atoms with van der Waals surface area (Å²) in [6.07, 6.45) is 9.33. The molecule has 0 aromatic heterocycles. The summed E-state index contributed by atoms with van der Waals surface area (Å²) in [5.41, 5.74) is 2.56. The van der Waals surface area contributed by atoms with E-state index in [1.807, 2.05) is 13.1 Å². The molecule has 0 saturated carbocycles. The normalized spacial score (nSPS) is 16.6. The Morgan fingerprint density at radius 2 is 2.15 bits per heavy atom. The van der Waals surface area contributed by atoms with Gasteiger partial charge in [-0.05, 0) is 63.3 Å². The van der Waals surface area contributed by atoms with Gasteiger partial charge in [0.1, 0.15) is 0 Å². The number of hydrogen-bond donors (Lipinski definition) is 1. The summed E-state index contributed by atoms with van der Waals surface area (Å²) in [5, 5.41) is 3.35. The smallest absolute Gasteiger partial charge is 0.165 e. The van der Waals surface area contributed by atoms with E-state index in [0.717, 1.165) is 18.4 Å². The molecule has 1 unspecified atom stereocenters. The highest BCUT2D eigenvalue weighted by Gasteiger charge is 2.13. The first kappa shape index (κ1) is 15.0. The van der Waals surface area contributed by atoms with E-state index < -0.39 is 0 Å². The van der Waals surface area contributed by atoms with Gasteiger partial charge in [0.15, 0.2) is 11.6 Å². The average Bonchev–Trinajstić information content (AvgIpc) is 2.48. The maximum atomic E-state index is 13.7. The van der Waals surface area contributed by atoms with Crippen LogP contribution < -0.4 is 10.1 Å². The fraction of sp³-hybridized carbons (Fsp3) is 0.529.